The van der Waals surface area contributed by atoms with E-state index in [9.17, 15) is 9.59 Å². The average Bonchev–Trinajstić information content (AvgIpc) is 3.05. The highest BCUT2D eigenvalue weighted by atomic mass is 16.2. The molecule has 130 valence electrons. The van der Waals surface area contributed by atoms with E-state index in [0.29, 0.717) is 6.54 Å². The summed E-state index contributed by atoms with van der Waals surface area (Å²) in [6.07, 6.45) is 0.237. The lowest BCUT2D eigenvalue weighted by Gasteiger charge is -2.19. The zero-order valence-electron chi connectivity index (χ0n) is 14.6. The van der Waals surface area contributed by atoms with Crippen LogP contribution >= 0.6 is 0 Å². The smallest absolute Gasteiger partial charge is 0.229 e. The van der Waals surface area contributed by atoms with Crippen molar-refractivity contribution in [2.45, 2.75) is 13.3 Å². The maximum atomic E-state index is 12.6. The van der Waals surface area contributed by atoms with Crippen LogP contribution in [0.15, 0.2) is 66.7 Å². The van der Waals surface area contributed by atoms with Crippen molar-refractivity contribution >= 4 is 34.0 Å². The van der Waals surface area contributed by atoms with Crippen LogP contribution in [-0.2, 0) is 9.59 Å². The summed E-state index contributed by atoms with van der Waals surface area (Å²) in [7, 11) is 0. The SMILES string of the molecule is Cc1ccc(NC(=O)C2CC(=O)N(c3cccc4ccccc34)C2)cc1. The number of hydrogen-bond acceptors (Lipinski definition) is 2. The Morgan fingerprint density at radius 2 is 1.73 bits per heavy atom. The molecule has 2 amide bonds. The normalized spacial score (nSPS) is 16.9. The van der Waals surface area contributed by atoms with Crippen LogP contribution in [0.1, 0.15) is 12.0 Å². The van der Waals surface area contributed by atoms with Crippen LogP contribution in [0.2, 0.25) is 0 Å². The van der Waals surface area contributed by atoms with E-state index in [2.05, 4.69) is 5.32 Å². The van der Waals surface area contributed by atoms with Gasteiger partial charge in [0, 0.05) is 24.0 Å². The Morgan fingerprint density at radius 1 is 1.00 bits per heavy atom. The quantitative estimate of drug-likeness (QED) is 0.776. The molecule has 1 fully saturated rings. The molecular formula is C22H20N2O2. The van der Waals surface area contributed by atoms with E-state index in [1.165, 1.54) is 0 Å². The molecule has 1 aliphatic rings. The molecule has 3 aromatic carbocycles. The molecule has 1 atom stereocenters. The summed E-state index contributed by atoms with van der Waals surface area (Å²) in [6.45, 7) is 2.41. The molecule has 1 N–H and O–H groups in total. The van der Waals surface area contributed by atoms with Gasteiger partial charge in [0.25, 0.3) is 0 Å². The minimum atomic E-state index is -0.345. The lowest BCUT2D eigenvalue weighted by Crippen LogP contribution is -2.28. The first-order chi connectivity index (χ1) is 12.6. The van der Waals surface area contributed by atoms with Gasteiger partial charge in [-0.2, -0.15) is 0 Å². The summed E-state index contributed by atoms with van der Waals surface area (Å²) >= 11 is 0. The monoisotopic (exact) mass is 344 g/mol. The van der Waals surface area contributed by atoms with Gasteiger partial charge in [-0.05, 0) is 30.5 Å². The van der Waals surface area contributed by atoms with Gasteiger partial charge in [-0.1, -0.05) is 54.1 Å². The summed E-state index contributed by atoms with van der Waals surface area (Å²) < 4.78 is 0. The number of nitrogens with one attached hydrogen (secondary N) is 1. The third-order valence-corrected chi connectivity index (χ3v) is 4.87. The van der Waals surface area contributed by atoms with Crippen molar-refractivity contribution in [2.75, 3.05) is 16.8 Å². The Hall–Kier alpha value is -3.14. The Labute approximate surface area is 152 Å². The molecule has 1 heterocycles. The predicted octanol–water partition coefficient (Wildman–Crippen LogP) is 4.14. The Bertz CT molecular complexity index is 974. The lowest BCUT2D eigenvalue weighted by molar-refractivity contribution is -0.122. The number of anilines is 2. The van der Waals surface area contributed by atoms with Gasteiger partial charge in [0.2, 0.25) is 11.8 Å². The predicted molar refractivity (Wildman–Crippen MR) is 104 cm³/mol. The maximum Gasteiger partial charge on any atom is 0.229 e. The minimum absolute atomic E-state index is 0.00888. The van der Waals surface area contributed by atoms with Gasteiger partial charge in [-0.15, -0.1) is 0 Å². The highest BCUT2D eigenvalue weighted by molar-refractivity contribution is 6.08. The van der Waals surface area contributed by atoms with Gasteiger partial charge in [0.15, 0.2) is 0 Å². The third-order valence-electron chi connectivity index (χ3n) is 4.87. The molecule has 0 bridgehead atoms. The van der Waals surface area contributed by atoms with E-state index >= 15 is 0 Å². The van der Waals surface area contributed by atoms with Crippen molar-refractivity contribution in [3.63, 3.8) is 0 Å². The number of nitrogens with zero attached hydrogens (tertiary/aromatic N) is 1. The molecule has 0 saturated carbocycles. The summed E-state index contributed by atoms with van der Waals surface area (Å²) in [6, 6.07) is 21.6. The second-order valence-corrected chi connectivity index (χ2v) is 6.76. The molecule has 0 aliphatic carbocycles. The maximum absolute atomic E-state index is 12.6. The number of aryl methyl sites for hydroxylation is 1. The number of benzene rings is 3. The fraction of sp³-hybridized carbons (Fsp3) is 0.182. The topological polar surface area (TPSA) is 49.4 Å². The average molecular weight is 344 g/mol. The Morgan fingerprint density at radius 3 is 2.54 bits per heavy atom. The number of carbonyl (C=O) groups excluding carboxylic acids is 2. The van der Waals surface area contributed by atoms with E-state index in [4.69, 9.17) is 0 Å². The number of fused-ring (bicyclic) bond motifs is 1. The molecule has 4 heteroatoms. The number of rotatable bonds is 3. The van der Waals surface area contributed by atoms with E-state index in [-0.39, 0.29) is 24.2 Å². The first-order valence-electron chi connectivity index (χ1n) is 8.77. The molecule has 0 aromatic heterocycles. The molecule has 1 unspecified atom stereocenters. The second-order valence-electron chi connectivity index (χ2n) is 6.76. The third kappa shape index (κ3) is 3.06. The van der Waals surface area contributed by atoms with Crippen LogP contribution in [0.4, 0.5) is 11.4 Å². The van der Waals surface area contributed by atoms with Crippen molar-refractivity contribution in [3.05, 3.63) is 72.3 Å². The first kappa shape index (κ1) is 16.3. The van der Waals surface area contributed by atoms with Gasteiger partial charge in [0.05, 0.1) is 11.6 Å². The molecule has 0 spiro atoms. The molecule has 1 saturated heterocycles. The van der Waals surface area contributed by atoms with Crippen molar-refractivity contribution in [3.8, 4) is 0 Å². The fourth-order valence-corrected chi connectivity index (χ4v) is 3.44. The first-order valence-corrected chi connectivity index (χ1v) is 8.77. The summed E-state index contributed by atoms with van der Waals surface area (Å²) in [5.74, 6) is -0.460. The molecule has 0 radical (unpaired) electrons. The Balaban J connectivity index is 1.55. The standard InChI is InChI=1S/C22H20N2O2/c1-15-9-11-18(12-10-15)23-22(26)17-13-21(25)24(14-17)20-8-4-6-16-5-2-3-7-19(16)20/h2-12,17H,13-14H2,1H3,(H,23,26). The zero-order chi connectivity index (χ0) is 18.1. The molecule has 26 heavy (non-hydrogen) atoms. The van der Waals surface area contributed by atoms with Crippen LogP contribution in [-0.4, -0.2) is 18.4 Å². The van der Waals surface area contributed by atoms with Crippen molar-refractivity contribution < 1.29 is 9.59 Å². The van der Waals surface area contributed by atoms with Crippen molar-refractivity contribution in [1.82, 2.24) is 0 Å². The van der Waals surface area contributed by atoms with Crippen LogP contribution in [0, 0.1) is 12.8 Å². The summed E-state index contributed by atoms with van der Waals surface area (Å²) in [5, 5.41) is 5.04. The highest BCUT2D eigenvalue weighted by Crippen LogP contribution is 2.32. The number of carbonyl (C=O) groups is 2. The number of hydrogen-bond donors (Lipinski definition) is 1. The van der Waals surface area contributed by atoms with Gasteiger partial charge < -0.3 is 10.2 Å². The van der Waals surface area contributed by atoms with Crippen LogP contribution < -0.4 is 10.2 Å². The second kappa shape index (κ2) is 6.64. The minimum Gasteiger partial charge on any atom is -0.326 e. The lowest BCUT2D eigenvalue weighted by atomic mass is 10.1. The van der Waals surface area contributed by atoms with E-state index in [1.807, 2.05) is 73.7 Å². The molecule has 1 aliphatic heterocycles. The molecule has 4 rings (SSSR count). The van der Waals surface area contributed by atoms with Crippen LogP contribution in [0.3, 0.4) is 0 Å². The highest BCUT2D eigenvalue weighted by Gasteiger charge is 2.35. The van der Waals surface area contributed by atoms with E-state index in [1.54, 1.807) is 4.90 Å². The van der Waals surface area contributed by atoms with Crippen LogP contribution in [0.5, 0.6) is 0 Å². The fourth-order valence-electron chi connectivity index (χ4n) is 3.44. The van der Waals surface area contributed by atoms with Gasteiger partial charge >= 0.3 is 0 Å². The summed E-state index contributed by atoms with van der Waals surface area (Å²) in [4.78, 5) is 26.9. The van der Waals surface area contributed by atoms with Crippen LogP contribution in [0.25, 0.3) is 10.8 Å². The summed E-state index contributed by atoms with van der Waals surface area (Å²) in [5.41, 5.74) is 2.77. The van der Waals surface area contributed by atoms with Crippen molar-refractivity contribution in [1.29, 1.82) is 0 Å². The van der Waals surface area contributed by atoms with Gasteiger partial charge in [-0.3, -0.25) is 9.59 Å². The van der Waals surface area contributed by atoms with Gasteiger partial charge in [0.1, 0.15) is 0 Å². The van der Waals surface area contributed by atoms with E-state index < -0.39 is 0 Å². The van der Waals surface area contributed by atoms with E-state index in [0.717, 1.165) is 27.7 Å². The molecule has 3 aromatic rings. The largest absolute Gasteiger partial charge is 0.326 e. The molecule has 4 nitrogen and oxygen atoms in total. The van der Waals surface area contributed by atoms with Crippen molar-refractivity contribution in [2.24, 2.45) is 5.92 Å². The zero-order valence-corrected chi connectivity index (χ0v) is 14.6. The number of amides is 2. The Kier molecular flexibility index (Phi) is 4.17. The van der Waals surface area contributed by atoms with Gasteiger partial charge in [-0.25, -0.2) is 0 Å². The molecular weight excluding hydrogens is 324 g/mol.